The molecule has 0 bridgehead atoms. The van der Waals surface area contributed by atoms with Gasteiger partial charge in [0.05, 0.1) is 18.3 Å². The van der Waals surface area contributed by atoms with Crippen LogP contribution in [0, 0.1) is 6.92 Å². The Bertz CT molecular complexity index is 1120. The van der Waals surface area contributed by atoms with E-state index in [1.54, 1.807) is 4.68 Å². The van der Waals surface area contributed by atoms with Crippen molar-refractivity contribution in [1.82, 2.24) is 19.9 Å². The minimum Gasteiger partial charge on any atom is -0.391 e. The molecule has 6 heteroatoms. The Morgan fingerprint density at radius 3 is 2.61 bits per heavy atom. The molecule has 0 spiro atoms. The van der Waals surface area contributed by atoms with Crippen LogP contribution in [0.15, 0.2) is 42.6 Å². The van der Waals surface area contributed by atoms with E-state index in [2.05, 4.69) is 53.6 Å². The molecule has 0 radical (unpaired) electrons. The van der Waals surface area contributed by atoms with Crippen LogP contribution in [-0.4, -0.2) is 43.1 Å². The molecule has 1 N–H and O–H groups in total. The van der Waals surface area contributed by atoms with Crippen molar-refractivity contribution in [2.24, 2.45) is 7.05 Å². The maximum atomic E-state index is 13.2. The van der Waals surface area contributed by atoms with Gasteiger partial charge >= 0.3 is 0 Å². The van der Waals surface area contributed by atoms with Crippen molar-refractivity contribution in [2.75, 3.05) is 0 Å². The zero-order chi connectivity index (χ0) is 21.5. The second-order valence-electron chi connectivity index (χ2n) is 8.94. The Morgan fingerprint density at radius 2 is 1.90 bits per heavy atom. The van der Waals surface area contributed by atoms with Gasteiger partial charge in [0.1, 0.15) is 5.69 Å². The van der Waals surface area contributed by atoms with Crippen LogP contribution in [0.1, 0.15) is 58.3 Å². The van der Waals surface area contributed by atoms with Gasteiger partial charge in [-0.15, -0.1) is 5.10 Å². The number of amides is 1. The third-order valence-electron chi connectivity index (χ3n) is 6.73. The van der Waals surface area contributed by atoms with Gasteiger partial charge in [-0.05, 0) is 54.5 Å². The lowest BCUT2D eigenvalue weighted by atomic mass is 9.91. The van der Waals surface area contributed by atoms with Crippen LogP contribution in [0.25, 0.3) is 11.3 Å². The summed E-state index contributed by atoms with van der Waals surface area (Å²) in [7, 11) is 1.86. The lowest BCUT2D eigenvalue weighted by molar-refractivity contribution is 0.0191. The summed E-state index contributed by atoms with van der Waals surface area (Å²) in [6, 6.07) is 12.5. The Kier molecular flexibility index (Phi) is 5.10. The molecule has 2 heterocycles. The van der Waals surface area contributed by atoms with Crippen LogP contribution in [-0.2, 0) is 20.0 Å². The van der Waals surface area contributed by atoms with E-state index in [-0.39, 0.29) is 11.9 Å². The number of aryl methyl sites for hydroxylation is 2. The summed E-state index contributed by atoms with van der Waals surface area (Å²) in [6.45, 7) is 2.73. The number of hydrogen-bond acceptors (Lipinski definition) is 4. The third-order valence-corrected chi connectivity index (χ3v) is 6.73. The SMILES string of the molecule is Cc1cc2c(cc1Cc1ccc(-c3cn(C)nn3)cc1)C(=O)N(C1CCCCC1O)C2. The highest BCUT2D eigenvalue weighted by atomic mass is 16.3. The zero-order valence-corrected chi connectivity index (χ0v) is 18.1. The number of nitrogens with zero attached hydrogens (tertiary/aromatic N) is 4. The van der Waals surface area contributed by atoms with Crippen molar-refractivity contribution in [2.45, 2.75) is 57.7 Å². The fourth-order valence-electron chi connectivity index (χ4n) is 4.96. The number of rotatable bonds is 4. The second-order valence-corrected chi connectivity index (χ2v) is 8.94. The van der Waals surface area contributed by atoms with Gasteiger partial charge < -0.3 is 10.0 Å². The van der Waals surface area contributed by atoms with Gasteiger partial charge in [0.2, 0.25) is 0 Å². The van der Waals surface area contributed by atoms with Crippen molar-refractivity contribution in [3.8, 4) is 11.3 Å². The number of carbonyl (C=O) groups is 1. The minimum absolute atomic E-state index is 0.0500. The highest BCUT2D eigenvalue weighted by Gasteiger charge is 2.37. The van der Waals surface area contributed by atoms with Crippen LogP contribution < -0.4 is 0 Å². The van der Waals surface area contributed by atoms with Gasteiger partial charge in [-0.25, -0.2) is 0 Å². The summed E-state index contributed by atoms with van der Waals surface area (Å²) in [5.74, 6) is 0.0696. The number of aliphatic hydroxyl groups is 1. The number of aromatic nitrogens is 3. The summed E-state index contributed by atoms with van der Waals surface area (Å²) in [5.41, 5.74) is 7.36. The molecule has 1 aliphatic carbocycles. The molecular weight excluding hydrogens is 388 g/mol. The van der Waals surface area contributed by atoms with E-state index in [0.717, 1.165) is 54.5 Å². The van der Waals surface area contributed by atoms with E-state index < -0.39 is 6.10 Å². The summed E-state index contributed by atoms with van der Waals surface area (Å²) in [6.07, 6.45) is 6.09. The zero-order valence-electron chi connectivity index (χ0n) is 18.1. The predicted molar refractivity (Wildman–Crippen MR) is 119 cm³/mol. The smallest absolute Gasteiger partial charge is 0.254 e. The standard InChI is InChI=1S/C25H28N4O2/c1-16-11-20-14-29(23-5-3-4-6-24(23)30)25(31)21(20)13-19(16)12-17-7-9-18(10-8-17)22-15-28(2)27-26-22/h7-11,13,15,23-24,30H,3-6,12,14H2,1-2H3. The Labute approximate surface area is 182 Å². The maximum absolute atomic E-state index is 13.2. The monoisotopic (exact) mass is 416 g/mol. The largest absolute Gasteiger partial charge is 0.391 e. The summed E-state index contributed by atoms with van der Waals surface area (Å²) >= 11 is 0. The number of carbonyl (C=O) groups excluding carboxylic acids is 1. The van der Waals surface area contributed by atoms with E-state index in [4.69, 9.17) is 0 Å². The molecule has 2 unspecified atom stereocenters. The lowest BCUT2D eigenvalue weighted by Gasteiger charge is -2.35. The highest BCUT2D eigenvalue weighted by molar-refractivity contribution is 5.99. The fourth-order valence-corrected chi connectivity index (χ4v) is 4.96. The van der Waals surface area contributed by atoms with Crippen molar-refractivity contribution in [3.63, 3.8) is 0 Å². The molecule has 0 saturated heterocycles. The summed E-state index contributed by atoms with van der Waals surface area (Å²) < 4.78 is 1.70. The molecule has 2 aromatic carbocycles. The van der Waals surface area contributed by atoms with E-state index >= 15 is 0 Å². The summed E-state index contributed by atoms with van der Waals surface area (Å²) in [5, 5.41) is 18.6. The number of benzene rings is 2. The number of aliphatic hydroxyl groups excluding tert-OH is 1. The maximum Gasteiger partial charge on any atom is 0.254 e. The average molecular weight is 417 g/mol. The quantitative estimate of drug-likeness (QED) is 0.705. The van der Waals surface area contributed by atoms with E-state index in [1.165, 1.54) is 16.7 Å². The van der Waals surface area contributed by atoms with E-state index in [9.17, 15) is 9.90 Å². The first kappa shape index (κ1) is 19.9. The molecule has 1 saturated carbocycles. The first-order valence-corrected chi connectivity index (χ1v) is 11.1. The van der Waals surface area contributed by atoms with Gasteiger partial charge in [0, 0.05) is 24.7 Å². The van der Waals surface area contributed by atoms with Crippen LogP contribution >= 0.6 is 0 Å². The fraction of sp³-hybridized carbons (Fsp3) is 0.400. The van der Waals surface area contributed by atoms with Gasteiger partial charge in [0.25, 0.3) is 5.91 Å². The Hall–Kier alpha value is -2.99. The van der Waals surface area contributed by atoms with Crippen LogP contribution in [0.4, 0.5) is 0 Å². The second kappa shape index (κ2) is 7.93. The van der Waals surface area contributed by atoms with Crippen LogP contribution in [0.5, 0.6) is 0 Å². The molecule has 5 rings (SSSR count). The van der Waals surface area contributed by atoms with Crippen LogP contribution in [0.3, 0.4) is 0 Å². The molecule has 1 aliphatic heterocycles. The molecule has 2 aliphatic rings. The first-order chi connectivity index (χ1) is 15.0. The van der Waals surface area contributed by atoms with Crippen molar-refractivity contribution < 1.29 is 9.90 Å². The molecular formula is C25H28N4O2. The van der Waals surface area contributed by atoms with Crippen molar-refractivity contribution in [3.05, 3.63) is 70.4 Å². The van der Waals surface area contributed by atoms with E-state index in [1.807, 2.05) is 18.1 Å². The predicted octanol–water partition coefficient (Wildman–Crippen LogP) is 3.64. The third kappa shape index (κ3) is 3.76. The first-order valence-electron chi connectivity index (χ1n) is 11.1. The lowest BCUT2D eigenvalue weighted by Crippen LogP contribution is -2.45. The summed E-state index contributed by atoms with van der Waals surface area (Å²) in [4.78, 5) is 15.1. The van der Waals surface area contributed by atoms with Gasteiger partial charge in [-0.3, -0.25) is 9.48 Å². The topological polar surface area (TPSA) is 71.2 Å². The Morgan fingerprint density at radius 1 is 1.13 bits per heavy atom. The molecule has 2 atom stereocenters. The number of hydrogen-bond donors (Lipinski definition) is 1. The molecule has 1 fully saturated rings. The molecule has 1 aromatic heterocycles. The van der Waals surface area contributed by atoms with Crippen molar-refractivity contribution in [1.29, 1.82) is 0 Å². The minimum atomic E-state index is -0.402. The van der Waals surface area contributed by atoms with Gasteiger partial charge in [-0.1, -0.05) is 48.4 Å². The Balaban J connectivity index is 1.36. The van der Waals surface area contributed by atoms with Crippen LogP contribution in [0.2, 0.25) is 0 Å². The highest BCUT2D eigenvalue weighted by Crippen LogP contribution is 2.33. The van der Waals surface area contributed by atoms with Gasteiger partial charge in [-0.2, -0.15) is 0 Å². The molecule has 31 heavy (non-hydrogen) atoms. The molecule has 160 valence electrons. The molecule has 3 aromatic rings. The normalized spacial score (nSPS) is 20.9. The average Bonchev–Trinajstić information content (AvgIpc) is 3.33. The van der Waals surface area contributed by atoms with Crippen molar-refractivity contribution >= 4 is 5.91 Å². The molecule has 1 amide bonds. The molecule has 6 nitrogen and oxygen atoms in total. The van der Waals surface area contributed by atoms with E-state index in [0.29, 0.717) is 6.54 Å². The number of fused-ring (bicyclic) bond motifs is 1. The van der Waals surface area contributed by atoms with Gasteiger partial charge in [0.15, 0.2) is 0 Å².